The fraction of sp³-hybridized carbons (Fsp3) is 0. The third-order valence-electron chi connectivity index (χ3n) is 0.416. The molecule has 1 aromatic rings. The van der Waals surface area contributed by atoms with E-state index in [-0.39, 0.29) is 0 Å². The van der Waals surface area contributed by atoms with Gasteiger partial charge in [0.1, 0.15) is 0 Å². The van der Waals surface area contributed by atoms with Crippen molar-refractivity contribution in [1.82, 2.24) is 10.2 Å². The molecule has 0 amide bonds. The van der Waals surface area contributed by atoms with E-state index in [0.717, 1.165) is 0 Å². The van der Waals surface area contributed by atoms with Crippen LogP contribution in [0.25, 0.3) is 0 Å². The summed E-state index contributed by atoms with van der Waals surface area (Å²) in [7, 11) is 2.30. The molecule has 0 radical (unpaired) electrons. The molecule has 5 heteroatoms. The molecule has 0 aliphatic rings. The monoisotopic (exact) mass is 228 g/mol. The minimum Gasteiger partial charge on any atom is -0.413 e. The van der Waals surface area contributed by atoms with E-state index in [4.69, 9.17) is 4.42 Å². The second-order valence-electron chi connectivity index (χ2n) is 0.893. The normalized spacial score (nSPS) is 9.43. The lowest BCUT2D eigenvalue weighted by Crippen LogP contribution is -1.85. The Hall–Kier alpha value is 0.300. The van der Waals surface area contributed by atoms with Gasteiger partial charge < -0.3 is 4.42 Å². The van der Waals surface area contributed by atoms with Crippen molar-refractivity contribution in [2.45, 2.75) is 0 Å². The Kier molecular flexibility index (Phi) is 1.59. The predicted molar refractivity (Wildman–Crippen MR) is 36.4 cm³/mol. The van der Waals surface area contributed by atoms with E-state index in [1.807, 2.05) is 22.6 Å². The lowest BCUT2D eigenvalue weighted by atomic mass is 11.5. The molecule has 7 heavy (non-hydrogen) atoms. The molecule has 3 nitrogen and oxygen atoms in total. The van der Waals surface area contributed by atoms with Crippen molar-refractivity contribution in [1.29, 1.82) is 0 Å². The van der Waals surface area contributed by atoms with E-state index < -0.39 is 0 Å². The van der Waals surface area contributed by atoms with Crippen LogP contribution in [-0.4, -0.2) is 10.2 Å². The summed E-state index contributed by atoms with van der Waals surface area (Å²) < 4.78 is 5.38. The average Bonchev–Trinajstić information content (AvgIpc) is 1.87. The highest BCUT2D eigenvalue weighted by Crippen LogP contribution is 1.95. The van der Waals surface area contributed by atoms with Gasteiger partial charge in [-0.05, 0) is 9.24 Å². The molecule has 0 saturated heterocycles. The Labute approximate surface area is 56.2 Å². The SMILES string of the molecule is Pc1nnc(I)o1. The molecule has 38 valence electrons. The summed E-state index contributed by atoms with van der Waals surface area (Å²) in [6.07, 6.45) is 0. The van der Waals surface area contributed by atoms with Crippen molar-refractivity contribution in [3.05, 3.63) is 3.90 Å². The third kappa shape index (κ3) is 1.35. The second-order valence-corrected chi connectivity index (χ2v) is 2.31. The molecular formula is C2H2IN2OP. The van der Waals surface area contributed by atoms with Crippen LogP contribution in [0.2, 0.25) is 0 Å². The number of aromatic nitrogens is 2. The van der Waals surface area contributed by atoms with Crippen molar-refractivity contribution in [3.8, 4) is 0 Å². The maximum Gasteiger partial charge on any atom is 0.278 e. The van der Waals surface area contributed by atoms with Crippen molar-refractivity contribution >= 4 is 37.5 Å². The van der Waals surface area contributed by atoms with Crippen molar-refractivity contribution in [2.75, 3.05) is 0 Å². The molecule has 0 spiro atoms. The Morgan fingerprint density at radius 1 is 1.57 bits per heavy atom. The molecule has 0 aliphatic heterocycles. The Morgan fingerprint density at radius 3 is 2.43 bits per heavy atom. The molecule has 0 N–H and O–H groups in total. The number of halogens is 1. The molecule has 0 bridgehead atoms. The van der Waals surface area contributed by atoms with Crippen LogP contribution in [-0.2, 0) is 0 Å². The quantitative estimate of drug-likeness (QED) is 0.469. The van der Waals surface area contributed by atoms with Gasteiger partial charge in [0.15, 0.2) is 0 Å². The zero-order valence-corrected chi connectivity index (χ0v) is 6.57. The van der Waals surface area contributed by atoms with Gasteiger partial charge in [0.05, 0.1) is 0 Å². The van der Waals surface area contributed by atoms with E-state index in [0.29, 0.717) is 9.53 Å². The predicted octanol–water partition coefficient (Wildman–Crippen LogP) is 0.175. The maximum absolute atomic E-state index is 4.81. The fourth-order valence-electron chi connectivity index (χ4n) is 0.216. The van der Waals surface area contributed by atoms with E-state index >= 15 is 0 Å². The molecule has 0 fully saturated rings. The molecule has 1 atom stereocenters. The highest BCUT2D eigenvalue weighted by atomic mass is 127. The summed E-state index contributed by atoms with van der Waals surface area (Å²) in [6.45, 7) is 0. The largest absolute Gasteiger partial charge is 0.413 e. The van der Waals surface area contributed by atoms with Crippen molar-refractivity contribution in [3.63, 3.8) is 0 Å². The molecular weight excluding hydrogens is 226 g/mol. The second kappa shape index (κ2) is 2.05. The Bertz CT molecular complexity index is 148. The zero-order valence-electron chi connectivity index (χ0n) is 3.26. The number of hydrogen-bond acceptors (Lipinski definition) is 3. The van der Waals surface area contributed by atoms with E-state index in [1.165, 1.54) is 0 Å². The summed E-state index contributed by atoms with van der Waals surface area (Å²) in [6, 6.07) is 0. The van der Waals surface area contributed by atoms with Gasteiger partial charge in [-0.1, -0.05) is 0 Å². The number of nitrogens with zero attached hydrogens (tertiary/aromatic N) is 2. The highest BCUT2D eigenvalue weighted by Gasteiger charge is 1.91. The van der Waals surface area contributed by atoms with Crippen molar-refractivity contribution in [2.24, 2.45) is 0 Å². The first-order valence-electron chi connectivity index (χ1n) is 1.53. The first kappa shape index (κ1) is 5.44. The highest BCUT2D eigenvalue weighted by molar-refractivity contribution is 14.1. The first-order chi connectivity index (χ1) is 3.29. The molecule has 1 aromatic heterocycles. The number of rotatable bonds is 0. The van der Waals surface area contributed by atoms with Crippen LogP contribution in [0.5, 0.6) is 0 Å². The van der Waals surface area contributed by atoms with Crippen LogP contribution in [0.1, 0.15) is 0 Å². The van der Waals surface area contributed by atoms with Crippen LogP contribution in [0, 0.1) is 3.90 Å². The van der Waals surface area contributed by atoms with Gasteiger partial charge in [-0.3, -0.25) is 0 Å². The van der Waals surface area contributed by atoms with Crippen LogP contribution >= 0.6 is 31.8 Å². The van der Waals surface area contributed by atoms with Crippen LogP contribution in [0.4, 0.5) is 0 Å². The molecule has 0 aromatic carbocycles. The van der Waals surface area contributed by atoms with Gasteiger partial charge in [-0.15, -0.1) is 10.2 Å². The molecule has 0 saturated carbocycles. The van der Waals surface area contributed by atoms with Gasteiger partial charge in [-0.25, -0.2) is 0 Å². The van der Waals surface area contributed by atoms with Gasteiger partial charge in [0, 0.05) is 22.6 Å². The molecule has 1 heterocycles. The number of hydrogen-bond donors (Lipinski definition) is 0. The van der Waals surface area contributed by atoms with E-state index in [9.17, 15) is 0 Å². The lowest BCUT2D eigenvalue weighted by Gasteiger charge is -1.68. The topological polar surface area (TPSA) is 38.9 Å². The third-order valence-corrected chi connectivity index (χ3v) is 1.09. The average molecular weight is 228 g/mol. The summed E-state index contributed by atoms with van der Waals surface area (Å²) in [4.78, 5) is 0. The van der Waals surface area contributed by atoms with Gasteiger partial charge >= 0.3 is 0 Å². The lowest BCUT2D eigenvalue weighted by molar-refractivity contribution is 0.556. The Balaban J connectivity index is 3.04. The fourth-order valence-corrected chi connectivity index (χ4v) is 0.958. The van der Waals surface area contributed by atoms with Crippen LogP contribution in [0.3, 0.4) is 0 Å². The zero-order chi connectivity index (χ0) is 5.28. The summed E-state index contributed by atoms with van der Waals surface area (Å²) >= 11 is 1.95. The van der Waals surface area contributed by atoms with Gasteiger partial charge in [-0.2, -0.15) is 0 Å². The first-order valence-corrected chi connectivity index (χ1v) is 3.19. The summed E-state index contributed by atoms with van der Waals surface area (Å²) in [5.41, 5.74) is 0.532. The van der Waals surface area contributed by atoms with E-state index in [2.05, 4.69) is 19.4 Å². The van der Waals surface area contributed by atoms with E-state index in [1.54, 1.807) is 0 Å². The summed E-state index contributed by atoms with van der Waals surface area (Å²) in [5.74, 6) is 0. The van der Waals surface area contributed by atoms with Crippen LogP contribution in [0.15, 0.2) is 4.42 Å². The maximum atomic E-state index is 4.81. The Morgan fingerprint density at radius 2 is 2.29 bits per heavy atom. The van der Waals surface area contributed by atoms with Gasteiger partial charge in [0.25, 0.3) is 3.90 Å². The van der Waals surface area contributed by atoms with Crippen molar-refractivity contribution < 1.29 is 4.42 Å². The molecule has 1 unspecified atom stereocenters. The standard InChI is InChI=1S/C2H2IN2OP/c3-1-4-5-2(7)6-1/h7H2. The molecule has 0 aliphatic carbocycles. The van der Waals surface area contributed by atoms with Crippen LogP contribution < -0.4 is 5.63 Å². The molecule has 1 rings (SSSR count). The minimum absolute atomic E-state index is 0.532. The van der Waals surface area contributed by atoms with Gasteiger partial charge in [0.2, 0.25) is 5.63 Å². The summed E-state index contributed by atoms with van der Waals surface area (Å²) in [5, 5.41) is 7.12. The minimum atomic E-state index is 0.532. The smallest absolute Gasteiger partial charge is 0.278 e.